The van der Waals surface area contributed by atoms with Crippen molar-refractivity contribution in [1.29, 1.82) is 0 Å². The third-order valence-electron chi connectivity index (χ3n) is 3.84. The molecule has 0 spiro atoms. The highest BCUT2D eigenvalue weighted by atomic mass is 79.9. The number of carbonyl (C=O) groups excluding carboxylic acids is 1. The van der Waals surface area contributed by atoms with Gasteiger partial charge in [-0.1, -0.05) is 20.8 Å². The Balaban J connectivity index is 2.36. The molecular weight excluding hydrogens is 421 g/mol. The van der Waals surface area contributed by atoms with Crippen LogP contribution in [0.25, 0.3) is 5.69 Å². The van der Waals surface area contributed by atoms with E-state index in [1.165, 1.54) is 17.1 Å². The van der Waals surface area contributed by atoms with E-state index in [0.29, 0.717) is 16.6 Å². The van der Waals surface area contributed by atoms with Crippen LogP contribution < -0.4 is 11.4 Å². The van der Waals surface area contributed by atoms with Gasteiger partial charge in [-0.05, 0) is 34.5 Å². The van der Waals surface area contributed by atoms with Crippen molar-refractivity contribution in [2.45, 2.75) is 40.3 Å². The Morgan fingerprint density at radius 1 is 1.48 bits per heavy atom. The number of halogens is 2. The van der Waals surface area contributed by atoms with Gasteiger partial charge in [-0.25, -0.2) is 28.2 Å². The fourth-order valence-electron chi connectivity index (χ4n) is 2.57. The Bertz CT molecular complexity index is 929. The maximum absolute atomic E-state index is 13.6. The van der Waals surface area contributed by atoms with E-state index in [-0.39, 0.29) is 12.1 Å². The van der Waals surface area contributed by atoms with Gasteiger partial charge in [0.05, 0.1) is 24.8 Å². The minimum Gasteiger partial charge on any atom is -0.441 e. The molecule has 8 nitrogen and oxygen atoms in total. The molecule has 1 unspecified atom stereocenters. The van der Waals surface area contributed by atoms with Gasteiger partial charge in [0.15, 0.2) is 0 Å². The second-order valence-corrected chi connectivity index (χ2v) is 7.86. The average Bonchev–Trinajstić information content (AvgIpc) is 2.93. The van der Waals surface area contributed by atoms with E-state index in [2.05, 4.69) is 26.0 Å². The summed E-state index contributed by atoms with van der Waals surface area (Å²) in [6.45, 7) is 6.95. The molecule has 0 saturated carbocycles. The summed E-state index contributed by atoms with van der Waals surface area (Å²) in [6, 6.07) is 1.77. The summed E-state index contributed by atoms with van der Waals surface area (Å²) in [7, 11) is 0. The molecule has 10 heteroatoms. The van der Waals surface area contributed by atoms with Gasteiger partial charge in [-0.3, -0.25) is 0 Å². The number of carbonyl (C=O) groups is 1. The Morgan fingerprint density at radius 2 is 2.15 bits per heavy atom. The molecule has 0 bridgehead atoms. The second-order valence-electron chi connectivity index (χ2n) is 7.11. The van der Waals surface area contributed by atoms with Crippen LogP contribution in [0, 0.1) is 12.3 Å². The molecule has 2 heterocycles. The summed E-state index contributed by atoms with van der Waals surface area (Å²) in [6.07, 6.45) is 1.18. The quantitative estimate of drug-likeness (QED) is 0.717. The molecule has 0 saturated heterocycles. The first-order valence-corrected chi connectivity index (χ1v) is 8.86. The van der Waals surface area contributed by atoms with Crippen LogP contribution in [0.1, 0.15) is 26.3 Å². The lowest BCUT2D eigenvalue weighted by Crippen LogP contribution is -2.37. The molecule has 2 N–H and O–H groups in total. The fourth-order valence-corrected chi connectivity index (χ4v) is 2.79. The molecule has 2 aromatic heterocycles. The van der Waals surface area contributed by atoms with Gasteiger partial charge in [0, 0.05) is 11.0 Å². The Morgan fingerprint density at radius 3 is 2.67 bits per heavy atom. The van der Waals surface area contributed by atoms with Gasteiger partial charge >= 0.3 is 11.8 Å². The first-order chi connectivity index (χ1) is 12.5. The van der Waals surface area contributed by atoms with Crippen molar-refractivity contribution in [3.63, 3.8) is 0 Å². The number of amides is 1. The molecular formula is C17H21BrFN5O3. The lowest BCUT2D eigenvalue weighted by Gasteiger charge is -2.31. The van der Waals surface area contributed by atoms with Crippen LogP contribution in [0.2, 0.25) is 0 Å². The third kappa shape index (κ3) is 4.82. The van der Waals surface area contributed by atoms with Gasteiger partial charge in [-0.2, -0.15) is 5.10 Å². The van der Waals surface area contributed by atoms with Gasteiger partial charge in [0.25, 0.3) is 0 Å². The average molecular weight is 442 g/mol. The maximum atomic E-state index is 13.6. The van der Waals surface area contributed by atoms with Crippen molar-refractivity contribution in [2.24, 2.45) is 11.1 Å². The molecule has 0 radical (unpaired) electrons. The number of hydrogen-bond donors (Lipinski definition) is 1. The first-order valence-electron chi connectivity index (χ1n) is 8.06. The molecule has 146 valence electrons. The fraction of sp³-hybridized carbons (Fsp3) is 0.412. The second kappa shape index (κ2) is 8.03. The number of ether oxygens (including phenoxy) is 1. The standard InChI is InChI=1S/C17H21BrFN5O3/c1-10-5-12(7-21-14(10)18)23-9-22-24(16(23)26)8-11(6-19)13(17(2,3)4)27-15(20)25/h5-7,9,13H,8H2,1-4H3,(H2,20,25). The van der Waals surface area contributed by atoms with Crippen molar-refractivity contribution in [3.8, 4) is 5.69 Å². The number of hydrogen-bond acceptors (Lipinski definition) is 5. The van der Waals surface area contributed by atoms with Crippen molar-refractivity contribution in [1.82, 2.24) is 19.3 Å². The van der Waals surface area contributed by atoms with Crippen molar-refractivity contribution in [3.05, 3.63) is 51.1 Å². The lowest BCUT2D eigenvalue weighted by atomic mass is 9.84. The summed E-state index contributed by atoms with van der Waals surface area (Å²) >= 11 is 3.30. The predicted octanol–water partition coefficient (Wildman–Crippen LogP) is 2.86. The van der Waals surface area contributed by atoms with Crippen LogP contribution in [0.15, 0.2) is 39.9 Å². The van der Waals surface area contributed by atoms with E-state index in [4.69, 9.17) is 10.5 Å². The number of rotatable bonds is 5. The molecule has 0 aliphatic rings. The van der Waals surface area contributed by atoms with Crippen LogP contribution in [-0.4, -0.2) is 31.5 Å². The normalized spacial score (nSPS) is 13.5. The van der Waals surface area contributed by atoms with Crippen LogP contribution in [0.5, 0.6) is 0 Å². The number of nitrogens with zero attached hydrogens (tertiary/aromatic N) is 4. The number of aryl methyl sites for hydroxylation is 1. The molecule has 27 heavy (non-hydrogen) atoms. The van der Waals surface area contributed by atoms with E-state index in [1.54, 1.807) is 26.8 Å². The number of pyridine rings is 1. The zero-order valence-electron chi connectivity index (χ0n) is 15.4. The summed E-state index contributed by atoms with van der Waals surface area (Å²) < 4.78 is 21.7. The van der Waals surface area contributed by atoms with Gasteiger partial charge in [0.1, 0.15) is 17.0 Å². The summed E-state index contributed by atoms with van der Waals surface area (Å²) in [5.74, 6) is 0. The molecule has 0 aromatic carbocycles. The Labute approximate surface area is 164 Å². The van der Waals surface area contributed by atoms with Crippen LogP contribution in [0.3, 0.4) is 0 Å². The van der Waals surface area contributed by atoms with E-state index in [9.17, 15) is 14.0 Å². The molecule has 0 fully saturated rings. The van der Waals surface area contributed by atoms with Gasteiger partial charge < -0.3 is 10.5 Å². The van der Waals surface area contributed by atoms with Gasteiger partial charge in [0.2, 0.25) is 0 Å². The number of nitrogens with two attached hydrogens (primary N) is 1. The summed E-state index contributed by atoms with van der Waals surface area (Å²) in [5.41, 5.74) is 5.43. The summed E-state index contributed by atoms with van der Waals surface area (Å²) in [5, 5.41) is 4.02. The molecule has 1 atom stereocenters. The van der Waals surface area contributed by atoms with Crippen LogP contribution >= 0.6 is 15.9 Å². The van der Waals surface area contributed by atoms with Crippen molar-refractivity contribution < 1.29 is 13.9 Å². The minimum absolute atomic E-state index is 0.0683. The molecule has 0 aliphatic heterocycles. The first kappa shape index (κ1) is 20.8. The SMILES string of the molecule is Cc1cc(-n2cnn(CC(=CF)C(OC(N)=O)C(C)(C)C)c2=O)cnc1Br. The monoisotopic (exact) mass is 441 g/mol. The summed E-state index contributed by atoms with van der Waals surface area (Å²) in [4.78, 5) is 28.0. The van der Waals surface area contributed by atoms with Crippen LogP contribution in [0.4, 0.5) is 9.18 Å². The molecule has 2 aromatic rings. The Hall–Kier alpha value is -2.49. The highest BCUT2D eigenvalue weighted by Crippen LogP contribution is 2.29. The van der Waals surface area contributed by atoms with Crippen molar-refractivity contribution >= 4 is 22.0 Å². The zero-order chi connectivity index (χ0) is 20.4. The molecule has 1 amide bonds. The third-order valence-corrected chi connectivity index (χ3v) is 4.67. The number of aromatic nitrogens is 4. The zero-order valence-corrected chi connectivity index (χ0v) is 17.0. The lowest BCUT2D eigenvalue weighted by molar-refractivity contribution is 0.0566. The number of primary amides is 1. The van der Waals surface area contributed by atoms with Crippen LogP contribution in [-0.2, 0) is 11.3 Å². The Kier molecular flexibility index (Phi) is 6.19. The topological polar surface area (TPSA) is 105 Å². The molecule has 2 rings (SSSR count). The van der Waals surface area contributed by atoms with E-state index < -0.39 is 23.3 Å². The minimum atomic E-state index is -1.02. The van der Waals surface area contributed by atoms with E-state index >= 15 is 0 Å². The van der Waals surface area contributed by atoms with E-state index in [1.807, 2.05) is 6.92 Å². The van der Waals surface area contributed by atoms with E-state index in [0.717, 1.165) is 10.2 Å². The van der Waals surface area contributed by atoms with Crippen molar-refractivity contribution in [2.75, 3.05) is 0 Å². The highest BCUT2D eigenvalue weighted by Gasteiger charge is 2.32. The van der Waals surface area contributed by atoms with Gasteiger partial charge in [-0.15, -0.1) is 0 Å². The largest absolute Gasteiger partial charge is 0.441 e. The smallest absolute Gasteiger partial charge is 0.405 e. The molecule has 0 aliphatic carbocycles. The highest BCUT2D eigenvalue weighted by molar-refractivity contribution is 9.10. The maximum Gasteiger partial charge on any atom is 0.405 e. The predicted molar refractivity (Wildman–Crippen MR) is 101 cm³/mol.